The molecular formula is C21H23Cl2NO3S. The molecule has 0 amide bonds. The summed E-state index contributed by atoms with van der Waals surface area (Å²) in [6, 6.07) is 10.5. The average Bonchev–Trinajstić information content (AvgIpc) is 3.01. The van der Waals surface area contributed by atoms with Crippen LogP contribution in [-0.4, -0.2) is 38.7 Å². The van der Waals surface area contributed by atoms with Crippen molar-refractivity contribution in [2.45, 2.75) is 42.7 Å². The van der Waals surface area contributed by atoms with Gasteiger partial charge >= 0.3 is 0 Å². The van der Waals surface area contributed by atoms with Gasteiger partial charge in [0.05, 0.1) is 10.9 Å². The minimum absolute atomic E-state index is 0.187. The Morgan fingerprint density at radius 1 is 1.04 bits per heavy atom. The van der Waals surface area contributed by atoms with Gasteiger partial charge in [0.2, 0.25) is 0 Å². The number of hydrogen-bond acceptors (Lipinski definition) is 4. The molecule has 0 N–H and O–H groups in total. The van der Waals surface area contributed by atoms with Crippen LogP contribution in [0.15, 0.2) is 41.3 Å². The van der Waals surface area contributed by atoms with E-state index < -0.39 is 9.84 Å². The minimum atomic E-state index is -3.23. The molecular weight excluding hydrogens is 417 g/mol. The molecule has 0 aromatic heterocycles. The highest BCUT2D eigenvalue weighted by atomic mass is 35.5. The van der Waals surface area contributed by atoms with E-state index in [0.29, 0.717) is 15.8 Å². The van der Waals surface area contributed by atoms with Gasteiger partial charge in [-0.3, -0.25) is 4.90 Å². The quantitative estimate of drug-likeness (QED) is 0.677. The van der Waals surface area contributed by atoms with Crippen LogP contribution in [0.1, 0.15) is 36.5 Å². The first kappa shape index (κ1) is 20.0. The number of ether oxygens (including phenoxy) is 1. The first-order valence-corrected chi connectivity index (χ1v) is 12.2. The van der Waals surface area contributed by atoms with Gasteiger partial charge in [-0.25, -0.2) is 8.42 Å². The second-order valence-corrected chi connectivity index (χ2v) is 10.5. The predicted molar refractivity (Wildman–Crippen MR) is 112 cm³/mol. The maximum Gasteiger partial charge on any atom is 0.175 e. The molecule has 0 unspecified atom stereocenters. The summed E-state index contributed by atoms with van der Waals surface area (Å²) >= 11 is 12.8. The molecule has 0 spiro atoms. The lowest BCUT2D eigenvalue weighted by atomic mass is 10.0. The van der Waals surface area contributed by atoms with Crippen molar-refractivity contribution in [1.82, 2.24) is 4.90 Å². The molecule has 2 aromatic rings. The lowest BCUT2D eigenvalue weighted by Gasteiger charge is -2.35. The zero-order valence-electron chi connectivity index (χ0n) is 15.7. The summed E-state index contributed by atoms with van der Waals surface area (Å²) in [4.78, 5) is 2.77. The topological polar surface area (TPSA) is 46.6 Å². The largest absolute Gasteiger partial charge is 0.484 e. The van der Waals surface area contributed by atoms with Crippen LogP contribution in [0.3, 0.4) is 0 Å². The van der Waals surface area contributed by atoms with Crippen LogP contribution in [0.25, 0.3) is 0 Å². The van der Waals surface area contributed by atoms with Crippen molar-refractivity contribution in [3.63, 3.8) is 0 Å². The highest BCUT2D eigenvalue weighted by molar-refractivity contribution is 7.90. The summed E-state index contributed by atoms with van der Waals surface area (Å²) < 4.78 is 29.8. The van der Waals surface area contributed by atoms with E-state index >= 15 is 0 Å². The summed E-state index contributed by atoms with van der Waals surface area (Å²) in [5, 5.41) is 1.28. The van der Waals surface area contributed by atoms with E-state index in [0.717, 1.165) is 30.6 Å². The number of sulfone groups is 1. The third-order valence-corrected chi connectivity index (χ3v) is 7.32. The fraction of sp³-hybridized carbons (Fsp3) is 0.429. The second-order valence-electron chi connectivity index (χ2n) is 7.61. The molecule has 1 fully saturated rings. The van der Waals surface area contributed by atoms with Crippen LogP contribution < -0.4 is 4.74 Å². The molecule has 150 valence electrons. The van der Waals surface area contributed by atoms with Crippen LogP contribution in [0.5, 0.6) is 5.75 Å². The smallest absolute Gasteiger partial charge is 0.175 e. The predicted octanol–water partition coefficient (Wildman–Crippen LogP) is 4.93. The van der Waals surface area contributed by atoms with Gasteiger partial charge in [-0.05, 0) is 74.3 Å². The first-order chi connectivity index (χ1) is 13.3. The van der Waals surface area contributed by atoms with Crippen molar-refractivity contribution in [2.75, 3.05) is 19.3 Å². The Morgan fingerprint density at radius 3 is 2.36 bits per heavy atom. The maximum absolute atomic E-state index is 11.7. The number of rotatable bonds is 4. The molecule has 1 heterocycles. The molecule has 0 radical (unpaired) electrons. The van der Waals surface area contributed by atoms with Gasteiger partial charge in [-0.2, -0.15) is 0 Å². The van der Waals surface area contributed by atoms with E-state index in [1.54, 1.807) is 30.3 Å². The van der Waals surface area contributed by atoms with Gasteiger partial charge < -0.3 is 4.74 Å². The molecule has 1 saturated heterocycles. The number of fused-ring (bicyclic) bond motifs is 1. The monoisotopic (exact) mass is 439 g/mol. The zero-order valence-corrected chi connectivity index (χ0v) is 18.0. The summed E-state index contributed by atoms with van der Waals surface area (Å²) in [7, 11) is -3.23. The van der Waals surface area contributed by atoms with Gasteiger partial charge in [-0.15, -0.1) is 0 Å². The molecule has 7 heteroatoms. The molecule has 4 nitrogen and oxygen atoms in total. The number of benzene rings is 2. The number of piperidine rings is 1. The number of hydrogen-bond donors (Lipinski definition) is 0. The Balaban J connectivity index is 1.67. The molecule has 1 aliphatic carbocycles. The molecule has 2 aromatic carbocycles. The Labute approximate surface area is 176 Å². The van der Waals surface area contributed by atoms with E-state index in [2.05, 4.69) is 4.90 Å². The van der Waals surface area contributed by atoms with Gasteiger partial charge in [0.1, 0.15) is 11.9 Å². The van der Waals surface area contributed by atoms with E-state index in [9.17, 15) is 8.42 Å². The molecule has 0 saturated carbocycles. The van der Waals surface area contributed by atoms with E-state index in [1.807, 2.05) is 6.07 Å². The first-order valence-electron chi connectivity index (χ1n) is 9.51. The fourth-order valence-corrected chi connectivity index (χ4v) is 5.46. The van der Waals surface area contributed by atoms with E-state index in [-0.39, 0.29) is 17.0 Å². The number of likely N-dealkylation sites (tertiary alicyclic amines) is 1. The van der Waals surface area contributed by atoms with Crippen molar-refractivity contribution in [2.24, 2.45) is 0 Å². The van der Waals surface area contributed by atoms with Gasteiger partial charge in [0.25, 0.3) is 0 Å². The molecule has 4 rings (SSSR count). The van der Waals surface area contributed by atoms with Gasteiger partial charge in [0.15, 0.2) is 9.84 Å². The normalized spacial score (nSPS) is 22.8. The standard InChI is InChI=1S/C21H23Cl2NO3S/c1-28(25,26)16-7-5-15(6-8-16)27-21-18-11-14(22)12-19(23)17(18)13-20(21)24-9-3-2-4-10-24/h5-8,11-12,20-21H,2-4,9-10,13H2,1H3/t20-,21-/m0/s1. The van der Waals surface area contributed by atoms with Crippen molar-refractivity contribution in [3.8, 4) is 5.75 Å². The molecule has 2 atom stereocenters. The van der Waals surface area contributed by atoms with Gasteiger partial charge in [0, 0.05) is 21.9 Å². The zero-order chi connectivity index (χ0) is 19.9. The summed E-state index contributed by atoms with van der Waals surface area (Å²) in [5.74, 6) is 0.642. The average molecular weight is 440 g/mol. The second kappa shape index (κ2) is 7.86. The van der Waals surface area contributed by atoms with Crippen LogP contribution in [-0.2, 0) is 16.3 Å². The van der Waals surface area contributed by atoms with Crippen molar-refractivity contribution in [1.29, 1.82) is 0 Å². The van der Waals surface area contributed by atoms with Crippen LogP contribution in [0.4, 0.5) is 0 Å². The highest BCUT2D eigenvalue weighted by Crippen LogP contribution is 2.43. The molecule has 2 aliphatic rings. The van der Waals surface area contributed by atoms with Crippen molar-refractivity contribution in [3.05, 3.63) is 57.6 Å². The Morgan fingerprint density at radius 2 is 1.71 bits per heavy atom. The van der Waals surface area contributed by atoms with Crippen LogP contribution in [0.2, 0.25) is 10.0 Å². The third-order valence-electron chi connectivity index (χ3n) is 5.64. The fourth-order valence-electron chi connectivity index (χ4n) is 4.24. The van der Waals surface area contributed by atoms with Crippen molar-refractivity contribution >= 4 is 33.0 Å². The van der Waals surface area contributed by atoms with Crippen LogP contribution >= 0.6 is 23.2 Å². The summed E-state index contributed by atoms with van der Waals surface area (Å²) in [5.41, 5.74) is 2.12. The Kier molecular flexibility index (Phi) is 5.62. The molecule has 0 bridgehead atoms. The maximum atomic E-state index is 11.7. The number of nitrogens with zero attached hydrogens (tertiary/aromatic N) is 1. The molecule has 28 heavy (non-hydrogen) atoms. The summed E-state index contributed by atoms with van der Waals surface area (Å²) in [6.45, 7) is 2.10. The van der Waals surface area contributed by atoms with Gasteiger partial charge in [-0.1, -0.05) is 29.6 Å². The van der Waals surface area contributed by atoms with Crippen molar-refractivity contribution < 1.29 is 13.2 Å². The lowest BCUT2D eigenvalue weighted by molar-refractivity contribution is 0.0647. The van der Waals surface area contributed by atoms with E-state index in [4.69, 9.17) is 27.9 Å². The SMILES string of the molecule is CS(=O)(=O)c1ccc(O[C@H]2c3cc(Cl)cc(Cl)c3C[C@@H]2N2CCCCC2)cc1. The van der Waals surface area contributed by atoms with E-state index in [1.165, 1.54) is 25.5 Å². The van der Waals surface area contributed by atoms with Crippen LogP contribution in [0, 0.1) is 0 Å². The summed E-state index contributed by atoms with van der Waals surface area (Å²) in [6.07, 6.45) is 5.49. The number of halogens is 2. The minimum Gasteiger partial charge on any atom is -0.484 e. The lowest BCUT2D eigenvalue weighted by Crippen LogP contribution is -2.43. The Hall–Kier alpha value is -1.27. The third kappa shape index (κ3) is 4.04. The highest BCUT2D eigenvalue weighted by Gasteiger charge is 2.39. The molecule has 1 aliphatic heterocycles. The Bertz CT molecular complexity index is 970.